The number of nitrogens with zero attached hydrogens (tertiary/aromatic N) is 2. The molecule has 0 radical (unpaired) electrons. The maximum absolute atomic E-state index is 11.5. The molecule has 0 saturated heterocycles. The van der Waals surface area contributed by atoms with E-state index in [0.717, 1.165) is 33.6 Å². The van der Waals surface area contributed by atoms with Crippen LogP contribution in [0.25, 0.3) is 0 Å². The molecule has 0 aliphatic rings. The molecular weight excluding hydrogens is 538 g/mol. The minimum absolute atomic E-state index is 0.263. The van der Waals surface area contributed by atoms with Crippen LogP contribution in [0.2, 0.25) is 5.15 Å². The number of rotatable bonds is 14. The summed E-state index contributed by atoms with van der Waals surface area (Å²) in [5.41, 5.74) is 12.0. The highest BCUT2D eigenvalue weighted by Gasteiger charge is 2.19. The normalized spacial score (nSPS) is 11.8. The molecule has 0 unspecified atom stereocenters. The number of benzene rings is 3. The Balaban J connectivity index is 1.55. The number of carboxylic acid groups (broad SMARTS) is 1. The van der Waals surface area contributed by atoms with Crippen LogP contribution in [0.3, 0.4) is 0 Å². The number of aromatic nitrogens is 1. The summed E-state index contributed by atoms with van der Waals surface area (Å²) in [4.78, 5) is 17.9. The van der Waals surface area contributed by atoms with Gasteiger partial charge >= 0.3 is 5.97 Å². The number of aryl methyl sites for hydroxylation is 2. The van der Waals surface area contributed by atoms with Crippen LogP contribution in [-0.2, 0) is 31.1 Å². The average Bonchev–Trinajstić information content (AvgIpc) is 2.95. The number of hydrogen-bond donors (Lipinski definition) is 2. The van der Waals surface area contributed by atoms with Gasteiger partial charge in [0.1, 0.15) is 35.9 Å². The number of aliphatic carboxylic acids is 1. The molecule has 41 heavy (non-hydrogen) atoms. The van der Waals surface area contributed by atoms with Crippen molar-refractivity contribution in [3.8, 4) is 11.5 Å². The minimum atomic E-state index is -1.03. The smallest absolute Gasteiger partial charge is 0.320 e. The van der Waals surface area contributed by atoms with Crippen molar-refractivity contribution < 1.29 is 19.4 Å². The van der Waals surface area contributed by atoms with E-state index in [1.165, 1.54) is 5.56 Å². The monoisotopic (exact) mass is 573 g/mol. The fraction of sp³-hybridized carbons (Fsp3) is 0.273. The predicted octanol–water partition coefficient (Wildman–Crippen LogP) is 6.31. The maximum Gasteiger partial charge on any atom is 0.320 e. The Morgan fingerprint density at radius 1 is 0.902 bits per heavy atom. The average molecular weight is 574 g/mol. The van der Waals surface area contributed by atoms with Crippen molar-refractivity contribution in [2.45, 2.75) is 52.6 Å². The Labute approximate surface area is 246 Å². The molecule has 214 valence electrons. The lowest BCUT2D eigenvalue weighted by molar-refractivity contribution is -0.138. The van der Waals surface area contributed by atoms with Crippen LogP contribution in [0.5, 0.6) is 11.5 Å². The van der Waals surface area contributed by atoms with Crippen molar-refractivity contribution in [2.75, 3.05) is 6.54 Å². The van der Waals surface area contributed by atoms with E-state index in [9.17, 15) is 9.90 Å². The Kier molecular flexibility index (Phi) is 10.7. The molecule has 4 aromatic rings. The van der Waals surface area contributed by atoms with Gasteiger partial charge in [0.2, 0.25) is 0 Å². The third-order valence-electron chi connectivity index (χ3n) is 6.74. The number of hydrogen-bond acceptors (Lipinski definition) is 6. The molecule has 3 N–H and O–H groups in total. The van der Waals surface area contributed by atoms with Gasteiger partial charge in [-0.25, -0.2) is 4.98 Å². The quantitative estimate of drug-likeness (QED) is 0.170. The lowest BCUT2D eigenvalue weighted by atomic mass is 10.1. The van der Waals surface area contributed by atoms with Crippen LogP contribution < -0.4 is 15.2 Å². The van der Waals surface area contributed by atoms with Gasteiger partial charge in [-0.15, -0.1) is 0 Å². The van der Waals surface area contributed by atoms with Gasteiger partial charge in [-0.3, -0.25) is 9.69 Å². The van der Waals surface area contributed by atoms with Gasteiger partial charge in [-0.2, -0.15) is 0 Å². The van der Waals surface area contributed by atoms with E-state index in [1.807, 2.05) is 61.5 Å². The highest BCUT2D eigenvalue weighted by molar-refractivity contribution is 6.30. The van der Waals surface area contributed by atoms with E-state index in [4.69, 9.17) is 26.8 Å². The van der Waals surface area contributed by atoms with Gasteiger partial charge in [0.25, 0.3) is 0 Å². The third-order valence-corrected chi connectivity index (χ3v) is 7.06. The first kappa shape index (κ1) is 30.1. The zero-order valence-electron chi connectivity index (χ0n) is 23.4. The molecule has 0 aliphatic heterocycles. The van der Waals surface area contributed by atoms with E-state index in [1.54, 1.807) is 12.3 Å². The van der Waals surface area contributed by atoms with Crippen LogP contribution in [0, 0.1) is 13.8 Å². The Morgan fingerprint density at radius 2 is 1.54 bits per heavy atom. The van der Waals surface area contributed by atoms with Gasteiger partial charge in [-0.1, -0.05) is 89.5 Å². The van der Waals surface area contributed by atoms with E-state index < -0.39 is 12.0 Å². The summed E-state index contributed by atoms with van der Waals surface area (Å²) in [6.45, 7) is 6.21. The minimum Gasteiger partial charge on any atom is -0.489 e. The number of ether oxygens (including phenoxy) is 2. The summed E-state index contributed by atoms with van der Waals surface area (Å²) >= 11 is 6.60. The Hall–Kier alpha value is -3.91. The fourth-order valence-corrected chi connectivity index (χ4v) is 4.76. The standard InChI is InChI=1S/C33H36ClN3O4/c1-23-7-5-9-25(17-23)21-40-30-12-4-3-11-27(30)19-37(16-14-29(35)33(38)39)20-28-31(13-15-36-32(28)34)41-22-26-10-6-8-24(2)18-26/h3-13,15,17-18,29H,14,16,19-22,35H2,1-2H3,(H,38,39)/t29-/m0/s1. The molecule has 1 heterocycles. The summed E-state index contributed by atoms with van der Waals surface area (Å²) in [6.07, 6.45) is 1.88. The molecule has 1 aromatic heterocycles. The highest BCUT2D eigenvalue weighted by Crippen LogP contribution is 2.29. The molecule has 0 spiro atoms. The van der Waals surface area contributed by atoms with Gasteiger partial charge in [0, 0.05) is 37.0 Å². The number of pyridine rings is 1. The van der Waals surface area contributed by atoms with Crippen molar-refractivity contribution in [1.82, 2.24) is 9.88 Å². The van der Waals surface area contributed by atoms with Gasteiger partial charge in [-0.05, 0) is 43.5 Å². The second-order valence-corrected chi connectivity index (χ2v) is 10.5. The highest BCUT2D eigenvalue weighted by atomic mass is 35.5. The molecule has 4 rings (SSSR count). The number of carboxylic acids is 1. The van der Waals surface area contributed by atoms with Crippen LogP contribution >= 0.6 is 11.6 Å². The van der Waals surface area contributed by atoms with Crippen molar-refractivity contribution in [3.05, 3.63) is 124 Å². The zero-order valence-corrected chi connectivity index (χ0v) is 24.2. The van der Waals surface area contributed by atoms with Crippen LogP contribution in [0.4, 0.5) is 0 Å². The summed E-state index contributed by atoms with van der Waals surface area (Å²) in [6, 6.07) is 25.0. The Morgan fingerprint density at radius 3 is 2.17 bits per heavy atom. The topological polar surface area (TPSA) is 97.9 Å². The van der Waals surface area contributed by atoms with E-state index in [2.05, 4.69) is 35.0 Å². The van der Waals surface area contributed by atoms with E-state index >= 15 is 0 Å². The summed E-state index contributed by atoms with van der Waals surface area (Å²) in [5.74, 6) is 0.353. The summed E-state index contributed by atoms with van der Waals surface area (Å²) in [5, 5.41) is 9.72. The first-order valence-corrected chi connectivity index (χ1v) is 13.9. The van der Waals surface area contributed by atoms with Gasteiger partial charge < -0.3 is 20.3 Å². The van der Waals surface area contributed by atoms with Gasteiger partial charge in [0.05, 0.1) is 0 Å². The fourth-order valence-electron chi connectivity index (χ4n) is 4.55. The predicted molar refractivity (Wildman–Crippen MR) is 161 cm³/mol. The molecule has 7 nitrogen and oxygen atoms in total. The second kappa shape index (κ2) is 14.6. The first-order chi connectivity index (χ1) is 19.8. The van der Waals surface area contributed by atoms with Crippen LogP contribution in [0.1, 0.15) is 39.8 Å². The third kappa shape index (κ3) is 9.05. The molecule has 0 saturated carbocycles. The van der Waals surface area contributed by atoms with Crippen molar-refractivity contribution in [1.29, 1.82) is 0 Å². The van der Waals surface area contributed by atoms with Crippen molar-refractivity contribution in [2.24, 2.45) is 5.73 Å². The molecule has 0 fully saturated rings. The largest absolute Gasteiger partial charge is 0.489 e. The molecule has 3 aromatic carbocycles. The lowest BCUT2D eigenvalue weighted by Gasteiger charge is -2.26. The Bertz CT molecular complexity index is 1460. The number of carbonyl (C=O) groups is 1. The molecule has 1 atom stereocenters. The van der Waals surface area contributed by atoms with Crippen LogP contribution in [0.15, 0.2) is 85.1 Å². The number of halogens is 1. The van der Waals surface area contributed by atoms with Crippen molar-refractivity contribution in [3.63, 3.8) is 0 Å². The van der Waals surface area contributed by atoms with Gasteiger partial charge in [0.15, 0.2) is 0 Å². The molecule has 0 aliphatic carbocycles. The maximum atomic E-state index is 11.5. The molecule has 0 amide bonds. The van der Waals surface area contributed by atoms with Crippen molar-refractivity contribution >= 4 is 17.6 Å². The second-order valence-electron chi connectivity index (χ2n) is 10.2. The summed E-state index contributed by atoms with van der Waals surface area (Å²) in [7, 11) is 0. The van der Waals surface area contributed by atoms with E-state index in [-0.39, 0.29) is 6.42 Å². The molecular formula is C33H36ClN3O4. The molecule has 0 bridgehead atoms. The van der Waals surface area contributed by atoms with E-state index in [0.29, 0.717) is 43.8 Å². The molecule has 8 heteroatoms. The summed E-state index contributed by atoms with van der Waals surface area (Å²) < 4.78 is 12.4. The SMILES string of the molecule is Cc1cccc(COc2ccccc2CN(CC[C@H](N)C(=O)O)Cc2c(OCc3cccc(C)c3)ccnc2Cl)c1. The van der Waals surface area contributed by atoms with Crippen LogP contribution in [-0.4, -0.2) is 33.5 Å². The number of para-hydroxylation sites is 1. The zero-order chi connectivity index (χ0) is 29.2. The lowest BCUT2D eigenvalue weighted by Crippen LogP contribution is -2.35. The first-order valence-electron chi connectivity index (χ1n) is 13.6. The number of nitrogens with two attached hydrogens (primary N) is 1.